The second-order valence-electron chi connectivity index (χ2n) is 9.63. The van der Waals surface area contributed by atoms with Gasteiger partial charge >= 0.3 is 5.97 Å². The Labute approximate surface area is 237 Å². The fourth-order valence-electron chi connectivity index (χ4n) is 4.67. The van der Waals surface area contributed by atoms with E-state index in [1.807, 2.05) is 35.2 Å². The van der Waals surface area contributed by atoms with Crippen molar-refractivity contribution in [3.05, 3.63) is 114 Å². The second kappa shape index (κ2) is 12.8. The number of hydrogen-bond donors (Lipinski definition) is 2. The molecule has 0 unspecified atom stereocenters. The summed E-state index contributed by atoms with van der Waals surface area (Å²) in [6, 6.07) is 26.1. The number of aromatic nitrogens is 1. The minimum absolute atomic E-state index is 0.0235. The van der Waals surface area contributed by atoms with Gasteiger partial charge in [0.1, 0.15) is 18.1 Å². The third-order valence-electron chi connectivity index (χ3n) is 6.74. The molecule has 1 saturated heterocycles. The molecule has 9 heteroatoms. The lowest BCUT2D eigenvalue weighted by atomic mass is 10.1. The average molecular weight is 552 g/mol. The van der Waals surface area contributed by atoms with E-state index in [1.54, 1.807) is 60.8 Å². The predicted molar refractivity (Wildman–Crippen MR) is 152 cm³/mol. The highest BCUT2D eigenvalue weighted by atomic mass is 16.5. The van der Waals surface area contributed by atoms with E-state index < -0.39 is 5.97 Å². The summed E-state index contributed by atoms with van der Waals surface area (Å²) in [5, 5.41) is 11.9. The van der Waals surface area contributed by atoms with E-state index in [2.05, 4.69) is 10.3 Å². The number of nitrogens with one attached hydrogen (secondary N) is 1. The van der Waals surface area contributed by atoms with E-state index >= 15 is 0 Å². The van der Waals surface area contributed by atoms with Gasteiger partial charge in [-0.05, 0) is 66.9 Å². The Morgan fingerprint density at radius 3 is 2.37 bits per heavy atom. The fraction of sp³-hybridized carbons (Fsp3) is 0.188. The molecule has 0 aliphatic carbocycles. The molecule has 1 fully saturated rings. The zero-order chi connectivity index (χ0) is 28.6. The Bertz CT molecular complexity index is 1510. The molecular weight excluding hydrogens is 522 g/mol. The zero-order valence-electron chi connectivity index (χ0n) is 22.2. The van der Waals surface area contributed by atoms with Gasteiger partial charge in [-0.15, -0.1) is 0 Å². The molecular formula is C32H29N3O6. The summed E-state index contributed by atoms with van der Waals surface area (Å²) in [7, 11) is 0. The number of carboxylic acids is 1. The number of nitrogens with zero attached hydrogens (tertiary/aromatic N) is 2. The SMILES string of the molecule is O=C(Cc1ccc(Oc2ccc(OC[C@@H]3CCCN3C(=O)c3ccccc3)cc2)nc1)Nc1ccccc1C(=O)O. The Morgan fingerprint density at radius 1 is 0.902 bits per heavy atom. The molecule has 2 heterocycles. The number of carbonyl (C=O) groups is 3. The van der Waals surface area contributed by atoms with Crippen molar-refractivity contribution in [2.45, 2.75) is 25.3 Å². The van der Waals surface area contributed by atoms with Gasteiger partial charge in [0.15, 0.2) is 0 Å². The Balaban J connectivity index is 1.11. The van der Waals surface area contributed by atoms with Crippen LogP contribution in [0, 0.1) is 0 Å². The molecule has 5 rings (SSSR count). The maximum atomic E-state index is 12.9. The Morgan fingerprint density at radius 2 is 1.63 bits per heavy atom. The number of para-hydroxylation sites is 1. The van der Waals surface area contributed by atoms with E-state index in [1.165, 1.54) is 6.07 Å². The van der Waals surface area contributed by atoms with Crippen LogP contribution in [0.1, 0.15) is 39.1 Å². The highest BCUT2D eigenvalue weighted by molar-refractivity contribution is 6.01. The number of aromatic carboxylic acids is 1. The molecule has 2 N–H and O–H groups in total. The largest absolute Gasteiger partial charge is 0.491 e. The van der Waals surface area contributed by atoms with Gasteiger partial charge in [0.25, 0.3) is 5.91 Å². The molecule has 0 saturated carbocycles. The maximum absolute atomic E-state index is 12.9. The van der Waals surface area contributed by atoms with Crippen molar-refractivity contribution >= 4 is 23.5 Å². The molecule has 3 aromatic carbocycles. The van der Waals surface area contributed by atoms with E-state index in [4.69, 9.17) is 9.47 Å². The van der Waals surface area contributed by atoms with Crippen molar-refractivity contribution in [2.24, 2.45) is 0 Å². The number of carbonyl (C=O) groups excluding carboxylic acids is 2. The number of benzene rings is 3. The van der Waals surface area contributed by atoms with E-state index in [9.17, 15) is 19.5 Å². The number of amides is 2. The van der Waals surface area contributed by atoms with Crippen LogP contribution in [0.2, 0.25) is 0 Å². The third-order valence-corrected chi connectivity index (χ3v) is 6.74. The Kier molecular flexibility index (Phi) is 8.54. The van der Waals surface area contributed by atoms with Crippen molar-refractivity contribution in [1.82, 2.24) is 9.88 Å². The zero-order valence-corrected chi connectivity index (χ0v) is 22.2. The van der Waals surface area contributed by atoms with Crippen LogP contribution in [0.3, 0.4) is 0 Å². The molecule has 1 aliphatic rings. The lowest BCUT2D eigenvalue weighted by Gasteiger charge is -2.25. The Hall–Kier alpha value is -5.18. The lowest BCUT2D eigenvalue weighted by Crippen LogP contribution is -2.39. The van der Waals surface area contributed by atoms with Crippen LogP contribution < -0.4 is 14.8 Å². The minimum atomic E-state index is -1.11. The number of rotatable bonds is 10. The van der Waals surface area contributed by atoms with Gasteiger partial charge in [0.05, 0.1) is 23.7 Å². The van der Waals surface area contributed by atoms with Crippen LogP contribution in [0.5, 0.6) is 17.4 Å². The van der Waals surface area contributed by atoms with Gasteiger partial charge in [0, 0.05) is 24.4 Å². The van der Waals surface area contributed by atoms with E-state index in [0.29, 0.717) is 35.1 Å². The van der Waals surface area contributed by atoms with Gasteiger partial charge in [-0.25, -0.2) is 9.78 Å². The quantitative estimate of drug-likeness (QED) is 0.270. The molecule has 0 radical (unpaired) electrons. The second-order valence-corrected chi connectivity index (χ2v) is 9.63. The van der Waals surface area contributed by atoms with Crippen LogP contribution in [-0.4, -0.2) is 52.0 Å². The lowest BCUT2D eigenvalue weighted by molar-refractivity contribution is -0.115. The van der Waals surface area contributed by atoms with Gasteiger partial charge in [-0.3, -0.25) is 9.59 Å². The smallest absolute Gasteiger partial charge is 0.337 e. The first-order chi connectivity index (χ1) is 20.0. The van der Waals surface area contributed by atoms with Gasteiger partial charge < -0.3 is 24.8 Å². The molecule has 1 aliphatic heterocycles. The van der Waals surface area contributed by atoms with Crippen LogP contribution in [0.25, 0.3) is 0 Å². The molecule has 9 nitrogen and oxygen atoms in total. The molecule has 0 bridgehead atoms. The highest BCUT2D eigenvalue weighted by Crippen LogP contribution is 2.25. The van der Waals surface area contributed by atoms with Crippen LogP contribution in [0.4, 0.5) is 5.69 Å². The molecule has 41 heavy (non-hydrogen) atoms. The third kappa shape index (κ3) is 7.07. The van der Waals surface area contributed by atoms with Crippen molar-refractivity contribution in [3.8, 4) is 17.4 Å². The fourth-order valence-corrected chi connectivity index (χ4v) is 4.67. The predicted octanol–water partition coefficient (Wildman–Crippen LogP) is 5.44. The molecule has 4 aromatic rings. The standard InChI is InChI=1S/C32H29N3O6/c36-29(34-28-11-5-4-10-27(28)32(38)39)19-22-12-17-30(33-20-22)41-26-15-13-25(14-16-26)40-21-24-9-6-18-35(24)31(37)23-7-2-1-3-8-23/h1-5,7-8,10-17,20,24H,6,9,18-19,21H2,(H,34,36)(H,38,39)/t24-/m0/s1. The summed E-state index contributed by atoms with van der Waals surface area (Å²) in [5.74, 6) is 0.176. The normalized spacial score (nSPS) is 14.3. The summed E-state index contributed by atoms with van der Waals surface area (Å²) in [5.41, 5.74) is 1.61. The summed E-state index contributed by atoms with van der Waals surface area (Å²) in [6.45, 7) is 1.14. The molecule has 1 aromatic heterocycles. The van der Waals surface area contributed by atoms with E-state index in [-0.39, 0.29) is 35.5 Å². The summed E-state index contributed by atoms with van der Waals surface area (Å²) < 4.78 is 11.8. The molecule has 208 valence electrons. The monoisotopic (exact) mass is 551 g/mol. The van der Waals surface area contributed by atoms with Gasteiger partial charge in [-0.2, -0.15) is 0 Å². The number of anilines is 1. The molecule has 1 atom stereocenters. The number of hydrogen-bond acceptors (Lipinski definition) is 6. The average Bonchev–Trinajstić information content (AvgIpc) is 3.47. The molecule has 0 spiro atoms. The van der Waals surface area contributed by atoms with E-state index in [0.717, 1.165) is 19.4 Å². The van der Waals surface area contributed by atoms with Crippen molar-refractivity contribution in [1.29, 1.82) is 0 Å². The first kappa shape index (κ1) is 27.4. The van der Waals surface area contributed by atoms with Gasteiger partial charge in [0.2, 0.25) is 11.8 Å². The van der Waals surface area contributed by atoms with Crippen LogP contribution >= 0.6 is 0 Å². The van der Waals surface area contributed by atoms with Crippen LogP contribution in [-0.2, 0) is 11.2 Å². The number of ether oxygens (including phenoxy) is 2. The number of pyridine rings is 1. The van der Waals surface area contributed by atoms with Crippen LogP contribution in [0.15, 0.2) is 97.2 Å². The maximum Gasteiger partial charge on any atom is 0.337 e. The topological polar surface area (TPSA) is 118 Å². The molecule has 2 amide bonds. The summed E-state index contributed by atoms with van der Waals surface area (Å²) in [4.78, 5) is 42.8. The first-order valence-corrected chi connectivity index (χ1v) is 13.3. The van der Waals surface area contributed by atoms with Crippen molar-refractivity contribution in [2.75, 3.05) is 18.5 Å². The minimum Gasteiger partial charge on any atom is -0.491 e. The summed E-state index contributed by atoms with van der Waals surface area (Å²) >= 11 is 0. The van der Waals surface area contributed by atoms with Gasteiger partial charge in [-0.1, -0.05) is 36.4 Å². The summed E-state index contributed by atoms with van der Waals surface area (Å²) in [6.07, 6.45) is 3.43. The highest BCUT2D eigenvalue weighted by Gasteiger charge is 2.29. The first-order valence-electron chi connectivity index (χ1n) is 13.3. The number of likely N-dealkylation sites (tertiary alicyclic amines) is 1. The van der Waals surface area contributed by atoms with Crippen molar-refractivity contribution < 1.29 is 29.0 Å². The van der Waals surface area contributed by atoms with Crippen molar-refractivity contribution in [3.63, 3.8) is 0 Å². The number of carboxylic acid groups (broad SMARTS) is 1.